The first kappa shape index (κ1) is 31.3. The van der Waals surface area contributed by atoms with Crippen LogP contribution in [-0.4, -0.2) is 0 Å². The maximum atomic E-state index is 2.48. The Bertz CT molecular complexity index is 3040. The van der Waals surface area contributed by atoms with Gasteiger partial charge in [0.2, 0.25) is 0 Å². The Kier molecular flexibility index (Phi) is 6.46. The predicted molar refractivity (Wildman–Crippen MR) is 230 cm³/mol. The molecule has 0 spiro atoms. The molecule has 54 heavy (non-hydrogen) atoms. The largest absolute Gasteiger partial charge is 0.0619 e. The molecule has 0 aliphatic heterocycles. The smallest absolute Gasteiger partial charge is 0.0165 e. The highest BCUT2D eigenvalue weighted by Gasteiger charge is 2.44. The first-order valence-electron chi connectivity index (χ1n) is 19.2. The van der Waals surface area contributed by atoms with E-state index in [-0.39, 0.29) is 10.8 Å². The summed E-state index contributed by atoms with van der Waals surface area (Å²) in [5, 5.41) is 7.58. The van der Waals surface area contributed by atoms with E-state index < -0.39 is 0 Å². The van der Waals surface area contributed by atoms with Crippen LogP contribution in [0.25, 0.3) is 88.0 Å². The average molecular weight is 689 g/mol. The molecule has 0 heterocycles. The van der Waals surface area contributed by atoms with Gasteiger partial charge in [0.1, 0.15) is 0 Å². The van der Waals surface area contributed by atoms with Crippen LogP contribution in [0.3, 0.4) is 0 Å². The first-order valence-corrected chi connectivity index (χ1v) is 19.2. The van der Waals surface area contributed by atoms with Crippen molar-refractivity contribution in [1.82, 2.24) is 0 Å². The van der Waals surface area contributed by atoms with Gasteiger partial charge in [0.25, 0.3) is 0 Å². The fourth-order valence-electron chi connectivity index (χ4n) is 9.96. The minimum Gasteiger partial charge on any atom is -0.0619 e. The molecule has 2 aliphatic carbocycles. The molecule has 0 amide bonds. The Balaban J connectivity index is 1.01. The van der Waals surface area contributed by atoms with Crippen molar-refractivity contribution in [2.24, 2.45) is 0 Å². The Labute approximate surface area is 317 Å². The average Bonchev–Trinajstić information content (AvgIpc) is 3.59. The molecule has 0 heteroatoms. The topological polar surface area (TPSA) is 0 Å². The molecule has 0 saturated carbocycles. The van der Waals surface area contributed by atoms with Gasteiger partial charge < -0.3 is 0 Å². The van der Waals surface area contributed by atoms with Crippen molar-refractivity contribution in [3.63, 3.8) is 0 Å². The number of benzene rings is 9. The molecule has 0 nitrogen and oxygen atoms in total. The SMILES string of the molecule is CC1(C)c2ccccc2-c2c1ccc1c2C(C)(C)c2cc(-c3cc(-c4ccc5cc(-c6ccc7ccccc7c6)ccc5c4)c4ccccc4c3)ccc2-1. The molecular formula is C54H40. The summed E-state index contributed by atoms with van der Waals surface area (Å²) in [5.74, 6) is 0. The van der Waals surface area contributed by atoms with Crippen LogP contribution in [0, 0.1) is 0 Å². The van der Waals surface area contributed by atoms with Crippen molar-refractivity contribution in [3.8, 4) is 55.6 Å². The molecule has 0 N–H and O–H groups in total. The van der Waals surface area contributed by atoms with E-state index in [9.17, 15) is 0 Å². The molecule has 2 aliphatic rings. The van der Waals surface area contributed by atoms with E-state index in [1.54, 1.807) is 0 Å². The van der Waals surface area contributed by atoms with Gasteiger partial charge in [0, 0.05) is 10.8 Å². The van der Waals surface area contributed by atoms with Crippen LogP contribution in [0.4, 0.5) is 0 Å². The predicted octanol–water partition coefficient (Wildman–Crippen LogP) is 14.8. The quantitative estimate of drug-likeness (QED) is 0.173. The van der Waals surface area contributed by atoms with Crippen LogP contribution in [0.2, 0.25) is 0 Å². The molecule has 0 aromatic heterocycles. The third-order valence-corrected chi connectivity index (χ3v) is 12.8. The van der Waals surface area contributed by atoms with E-state index in [1.165, 1.54) is 110 Å². The van der Waals surface area contributed by atoms with Gasteiger partial charge in [-0.15, -0.1) is 0 Å². The van der Waals surface area contributed by atoms with Gasteiger partial charge in [-0.05, 0) is 147 Å². The maximum Gasteiger partial charge on any atom is 0.0165 e. The van der Waals surface area contributed by atoms with Crippen molar-refractivity contribution < 1.29 is 0 Å². The van der Waals surface area contributed by atoms with Gasteiger partial charge >= 0.3 is 0 Å². The van der Waals surface area contributed by atoms with Crippen LogP contribution in [0.5, 0.6) is 0 Å². The summed E-state index contributed by atoms with van der Waals surface area (Å²) in [7, 11) is 0. The molecule has 0 bridgehead atoms. The summed E-state index contributed by atoms with van der Waals surface area (Å²) in [6, 6.07) is 63.9. The van der Waals surface area contributed by atoms with Crippen LogP contribution in [0.1, 0.15) is 49.9 Å². The molecule has 0 saturated heterocycles. The third-order valence-electron chi connectivity index (χ3n) is 12.8. The normalized spacial score (nSPS) is 14.6. The molecule has 0 fully saturated rings. The van der Waals surface area contributed by atoms with E-state index >= 15 is 0 Å². The highest BCUT2D eigenvalue weighted by atomic mass is 14.5. The Morgan fingerprint density at radius 3 is 1.65 bits per heavy atom. The molecule has 0 atom stereocenters. The fraction of sp³-hybridized carbons (Fsp3) is 0.111. The highest BCUT2D eigenvalue weighted by molar-refractivity contribution is 6.03. The summed E-state index contributed by atoms with van der Waals surface area (Å²) in [6.07, 6.45) is 0. The second-order valence-electron chi connectivity index (χ2n) is 16.6. The molecule has 0 unspecified atom stereocenters. The Hall–Kier alpha value is -6.24. The second kappa shape index (κ2) is 11.1. The van der Waals surface area contributed by atoms with Crippen LogP contribution in [0.15, 0.2) is 170 Å². The molecule has 9 aromatic carbocycles. The van der Waals surface area contributed by atoms with E-state index in [0.29, 0.717) is 0 Å². The summed E-state index contributed by atoms with van der Waals surface area (Å²) >= 11 is 0. The summed E-state index contributed by atoms with van der Waals surface area (Å²) in [4.78, 5) is 0. The molecule has 0 radical (unpaired) electrons. The van der Waals surface area contributed by atoms with Crippen molar-refractivity contribution in [2.75, 3.05) is 0 Å². The van der Waals surface area contributed by atoms with E-state index in [0.717, 1.165) is 0 Å². The zero-order valence-corrected chi connectivity index (χ0v) is 31.2. The Morgan fingerprint density at radius 2 is 0.852 bits per heavy atom. The van der Waals surface area contributed by atoms with Crippen molar-refractivity contribution in [1.29, 1.82) is 0 Å². The van der Waals surface area contributed by atoms with Crippen LogP contribution in [-0.2, 0) is 10.8 Å². The van der Waals surface area contributed by atoms with Crippen LogP contribution >= 0.6 is 0 Å². The number of hydrogen-bond acceptors (Lipinski definition) is 0. The molecular weight excluding hydrogens is 649 g/mol. The lowest BCUT2D eigenvalue weighted by Gasteiger charge is -2.26. The van der Waals surface area contributed by atoms with Crippen molar-refractivity contribution >= 4 is 32.3 Å². The van der Waals surface area contributed by atoms with E-state index in [1.807, 2.05) is 0 Å². The minimum absolute atomic E-state index is 0.0131. The van der Waals surface area contributed by atoms with Gasteiger partial charge in [-0.1, -0.05) is 161 Å². The minimum atomic E-state index is -0.136. The first-order chi connectivity index (χ1) is 26.3. The van der Waals surface area contributed by atoms with E-state index in [4.69, 9.17) is 0 Å². The summed E-state index contributed by atoms with van der Waals surface area (Å²) in [5.41, 5.74) is 18.7. The lowest BCUT2D eigenvalue weighted by Crippen LogP contribution is -2.18. The van der Waals surface area contributed by atoms with Gasteiger partial charge in [0.15, 0.2) is 0 Å². The second-order valence-corrected chi connectivity index (χ2v) is 16.6. The molecule has 11 rings (SSSR count). The summed E-state index contributed by atoms with van der Waals surface area (Å²) < 4.78 is 0. The van der Waals surface area contributed by atoms with Crippen molar-refractivity contribution in [2.45, 2.75) is 38.5 Å². The van der Waals surface area contributed by atoms with E-state index in [2.05, 4.69) is 198 Å². The lowest BCUT2D eigenvalue weighted by molar-refractivity contribution is 0.647. The Morgan fingerprint density at radius 1 is 0.296 bits per heavy atom. The zero-order valence-electron chi connectivity index (χ0n) is 31.2. The maximum absolute atomic E-state index is 2.48. The van der Waals surface area contributed by atoms with Crippen molar-refractivity contribution in [3.05, 3.63) is 192 Å². The fourth-order valence-corrected chi connectivity index (χ4v) is 9.96. The summed E-state index contributed by atoms with van der Waals surface area (Å²) in [6.45, 7) is 9.63. The number of fused-ring (bicyclic) bond motifs is 10. The number of hydrogen-bond donors (Lipinski definition) is 0. The van der Waals surface area contributed by atoms with Gasteiger partial charge in [0.05, 0.1) is 0 Å². The highest BCUT2D eigenvalue weighted by Crippen LogP contribution is 2.59. The monoisotopic (exact) mass is 688 g/mol. The van der Waals surface area contributed by atoms with Gasteiger partial charge in [-0.25, -0.2) is 0 Å². The number of rotatable bonds is 3. The lowest BCUT2D eigenvalue weighted by atomic mass is 9.77. The molecule has 9 aromatic rings. The van der Waals surface area contributed by atoms with Gasteiger partial charge in [-0.3, -0.25) is 0 Å². The standard InChI is InChI=1S/C54H40/c1-53(2)48-16-10-9-15-46(48)51-49(53)26-25-45-44-24-23-39(32-50(44)54(3,4)52(45)51)42-30-40-13-7-8-14-43(40)47(31-42)41-22-21-37-28-36(19-20-38(37)29-41)35-18-17-33-11-5-6-12-34(33)27-35/h5-32H,1-4H3. The third kappa shape index (κ3) is 4.44. The van der Waals surface area contributed by atoms with Crippen LogP contribution < -0.4 is 0 Å². The zero-order chi connectivity index (χ0) is 36.3. The molecule has 256 valence electrons. The van der Waals surface area contributed by atoms with Gasteiger partial charge in [-0.2, -0.15) is 0 Å².